The van der Waals surface area contributed by atoms with Crippen molar-refractivity contribution in [1.82, 2.24) is 5.32 Å². The molecule has 67 heavy (non-hydrogen) atoms. The van der Waals surface area contributed by atoms with Crippen molar-refractivity contribution in [2.24, 2.45) is 0 Å². The van der Waals surface area contributed by atoms with Crippen LogP contribution in [0.2, 0.25) is 18.1 Å². The summed E-state index contributed by atoms with van der Waals surface area (Å²) in [6.07, 6.45) is 19.5. The van der Waals surface area contributed by atoms with Gasteiger partial charge in [-0.2, -0.15) is 0 Å². The number of esters is 2. The summed E-state index contributed by atoms with van der Waals surface area (Å²) in [5.41, 5.74) is 2.72. The summed E-state index contributed by atoms with van der Waals surface area (Å²) in [7, 11) is -2.27. The maximum absolute atomic E-state index is 13.9. The number of benzene rings is 2. The van der Waals surface area contributed by atoms with Crippen molar-refractivity contribution in [3.63, 3.8) is 0 Å². The lowest BCUT2D eigenvalue weighted by atomic mass is 9.96. The average molecular weight is 952 g/mol. The Bertz CT molecular complexity index is 1600. The van der Waals surface area contributed by atoms with Gasteiger partial charge in [-0.25, -0.2) is 0 Å². The van der Waals surface area contributed by atoms with E-state index in [-0.39, 0.29) is 30.5 Å². The predicted molar refractivity (Wildman–Crippen MR) is 273 cm³/mol. The molecule has 380 valence electrons. The minimum atomic E-state index is -2.27. The molecule has 0 bridgehead atoms. The van der Waals surface area contributed by atoms with Crippen molar-refractivity contribution in [3.05, 3.63) is 71.8 Å². The Balaban J connectivity index is 1.57. The van der Waals surface area contributed by atoms with Gasteiger partial charge in [0.1, 0.15) is 24.4 Å². The molecule has 11 heteroatoms. The van der Waals surface area contributed by atoms with E-state index in [2.05, 4.69) is 94.6 Å². The summed E-state index contributed by atoms with van der Waals surface area (Å²) in [4.78, 5) is 40.4. The van der Waals surface area contributed by atoms with Crippen LogP contribution in [-0.2, 0) is 45.9 Å². The number of aliphatic hydroxyl groups is 2. The van der Waals surface area contributed by atoms with Gasteiger partial charge in [0, 0.05) is 12.8 Å². The van der Waals surface area contributed by atoms with E-state index in [0.29, 0.717) is 19.3 Å². The lowest BCUT2D eigenvalue weighted by molar-refractivity contribution is -0.258. The fourth-order valence-corrected chi connectivity index (χ4v) is 9.58. The number of nitrogens with one attached hydrogen (secondary N) is 1. The number of carbonyl (C=O) groups is 3. The summed E-state index contributed by atoms with van der Waals surface area (Å²) < 4.78 is 24.2. The average Bonchev–Trinajstić information content (AvgIpc) is 3.29. The largest absolute Gasteiger partial charge is 0.462 e. The fraction of sp³-hybridized carbons (Fsp3) is 0.732. The Labute approximate surface area is 407 Å². The second kappa shape index (κ2) is 33.4. The lowest BCUT2D eigenvalue weighted by Gasteiger charge is -2.44. The number of hydrogen-bond acceptors (Lipinski definition) is 9. The molecule has 1 amide bonds. The third-order valence-corrected chi connectivity index (χ3v) is 18.4. The van der Waals surface area contributed by atoms with Crippen molar-refractivity contribution in [2.45, 2.75) is 256 Å². The van der Waals surface area contributed by atoms with E-state index in [9.17, 15) is 24.6 Å². The zero-order valence-corrected chi connectivity index (χ0v) is 43.8. The molecule has 0 radical (unpaired) electrons. The molecule has 2 aromatic carbocycles. The molecular weight excluding hydrogens is 859 g/mol. The van der Waals surface area contributed by atoms with E-state index < -0.39 is 56.9 Å². The van der Waals surface area contributed by atoms with Gasteiger partial charge in [0.25, 0.3) is 0 Å². The van der Waals surface area contributed by atoms with Crippen LogP contribution in [0.4, 0.5) is 0 Å². The van der Waals surface area contributed by atoms with Crippen LogP contribution >= 0.6 is 0 Å². The quantitative estimate of drug-likeness (QED) is 0.0346. The first-order valence-electron chi connectivity index (χ1n) is 26.6. The third kappa shape index (κ3) is 24.8. The van der Waals surface area contributed by atoms with Crippen LogP contribution in [0.3, 0.4) is 0 Å². The molecule has 0 saturated carbocycles. The maximum Gasteiger partial charge on any atom is 0.306 e. The minimum absolute atomic E-state index is 0.00126. The number of hydrogen-bond donors (Lipinski definition) is 3. The topological polar surface area (TPSA) is 141 Å². The van der Waals surface area contributed by atoms with Gasteiger partial charge >= 0.3 is 11.9 Å². The summed E-state index contributed by atoms with van der Waals surface area (Å²) in [5, 5.41) is 25.9. The van der Waals surface area contributed by atoms with E-state index in [1.807, 2.05) is 12.1 Å². The molecule has 0 aliphatic carbocycles. The first-order chi connectivity index (χ1) is 32.2. The monoisotopic (exact) mass is 952 g/mol. The summed E-state index contributed by atoms with van der Waals surface area (Å²) >= 11 is 0. The second-order valence-electron chi connectivity index (χ2n) is 20.8. The lowest BCUT2D eigenvalue weighted by Crippen LogP contribution is -2.65. The van der Waals surface area contributed by atoms with E-state index in [4.69, 9.17) is 18.6 Å². The van der Waals surface area contributed by atoms with Crippen LogP contribution in [0.25, 0.3) is 0 Å². The Morgan fingerprint density at radius 2 is 1.12 bits per heavy atom. The van der Waals surface area contributed by atoms with Crippen molar-refractivity contribution in [3.8, 4) is 0 Å². The van der Waals surface area contributed by atoms with Crippen LogP contribution < -0.4 is 5.32 Å². The van der Waals surface area contributed by atoms with Crippen LogP contribution in [0.5, 0.6) is 0 Å². The molecule has 1 heterocycles. The molecule has 1 fully saturated rings. The van der Waals surface area contributed by atoms with Crippen molar-refractivity contribution >= 4 is 26.2 Å². The van der Waals surface area contributed by atoms with Gasteiger partial charge < -0.3 is 34.2 Å². The zero-order valence-electron chi connectivity index (χ0n) is 42.8. The number of ether oxygens (including phenoxy) is 3. The summed E-state index contributed by atoms with van der Waals surface area (Å²) in [5.74, 6) is -1.29. The molecule has 3 rings (SSSR count). The molecule has 6 atom stereocenters. The minimum Gasteiger partial charge on any atom is -0.462 e. The zero-order chi connectivity index (χ0) is 48.8. The van der Waals surface area contributed by atoms with Gasteiger partial charge in [-0.15, -0.1) is 0 Å². The first-order valence-corrected chi connectivity index (χ1v) is 29.5. The van der Waals surface area contributed by atoms with Gasteiger partial charge in [-0.1, -0.05) is 191 Å². The molecule has 0 spiro atoms. The fourth-order valence-electron chi connectivity index (χ4n) is 8.56. The SMILES string of the molecule is CCCCCCCCCCC[C@@H](CC(=O)N[C@H]1C(O)O[C@H](CO[Si](C)(C)C(C)(C)C)[C@@H](O)[C@@H]1OC(=O)CCCCCCCCc1ccccc1)OC(=O)CCCCCCCCc1ccccc1. The highest BCUT2D eigenvalue weighted by molar-refractivity contribution is 6.74. The first kappa shape index (κ1) is 58.2. The van der Waals surface area contributed by atoms with E-state index in [0.717, 1.165) is 103 Å². The van der Waals surface area contributed by atoms with E-state index in [1.54, 1.807) is 0 Å². The highest BCUT2D eigenvalue weighted by Crippen LogP contribution is 2.37. The number of rotatable bonds is 36. The second-order valence-corrected chi connectivity index (χ2v) is 25.6. The molecule has 1 aliphatic heterocycles. The van der Waals surface area contributed by atoms with Crippen molar-refractivity contribution in [1.29, 1.82) is 0 Å². The number of aliphatic hydroxyl groups excluding tert-OH is 2. The highest BCUT2D eigenvalue weighted by atomic mass is 28.4. The molecule has 3 N–H and O–H groups in total. The smallest absolute Gasteiger partial charge is 0.306 e. The molecule has 1 saturated heterocycles. The van der Waals surface area contributed by atoms with Gasteiger partial charge in [0.15, 0.2) is 20.7 Å². The third-order valence-electron chi connectivity index (χ3n) is 13.9. The standard InChI is InChI=1S/C56H93NO9Si/c1-7-8-9-10-11-12-13-20-31-40-47(64-50(59)41-32-21-16-14-18-25-34-45-36-27-23-28-37-45)43-49(58)57-52-54(53(61)48(65-55(52)62)44-63-67(5,6)56(2,3)4)66-51(60)42-33-22-17-15-19-26-35-46-38-29-24-30-39-46/h23-24,27-30,36-39,47-48,52-55,61-62H,7-22,25-26,31-35,40-44H2,1-6H3,(H,57,58)/t47-,48+,52+,53+,54+,55?/m0/s1. The van der Waals surface area contributed by atoms with Gasteiger partial charge in [0.05, 0.1) is 13.0 Å². The molecule has 1 aliphatic rings. The number of carbonyl (C=O) groups excluding carboxylic acids is 3. The predicted octanol–water partition coefficient (Wildman–Crippen LogP) is 12.7. The normalized spacial score (nSPS) is 19.2. The molecule has 1 unspecified atom stereocenters. The Morgan fingerprint density at radius 1 is 0.657 bits per heavy atom. The Kier molecular flexibility index (Phi) is 29.1. The van der Waals surface area contributed by atoms with Crippen molar-refractivity contribution in [2.75, 3.05) is 6.61 Å². The number of amides is 1. The molecule has 2 aromatic rings. The molecule has 10 nitrogen and oxygen atoms in total. The Morgan fingerprint density at radius 3 is 1.63 bits per heavy atom. The Hall–Kier alpha value is -3.09. The van der Waals surface area contributed by atoms with Crippen LogP contribution in [-0.4, -0.2) is 79.7 Å². The van der Waals surface area contributed by atoms with E-state index >= 15 is 0 Å². The van der Waals surface area contributed by atoms with Crippen molar-refractivity contribution < 1.29 is 43.2 Å². The van der Waals surface area contributed by atoms with E-state index in [1.165, 1.54) is 49.7 Å². The van der Waals surface area contributed by atoms with Gasteiger partial charge in [-0.05, 0) is 80.6 Å². The van der Waals surface area contributed by atoms with Gasteiger partial charge in [-0.3, -0.25) is 14.4 Å². The van der Waals surface area contributed by atoms with Crippen LogP contribution in [0.1, 0.15) is 199 Å². The summed E-state index contributed by atoms with van der Waals surface area (Å²) in [6, 6.07) is 19.8. The maximum atomic E-state index is 13.9. The molecular formula is C56H93NO9Si. The number of aryl methyl sites for hydroxylation is 2. The molecule has 0 aromatic heterocycles. The van der Waals surface area contributed by atoms with Crippen LogP contribution in [0, 0.1) is 0 Å². The number of unbranched alkanes of at least 4 members (excludes halogenated alkanes) is 18. The van der Waals surface area contributed by atoms with Crippen LogP contribution in [0.15, 0.2) is 60.7 Å². The highest BCUT2D eigenvalue weighted by Gasteiger charge is 2.49. The van der Waals surface area contributed by atoms with Gasteiger partial charge in [0.2, 0.25) is 5.91 Å². The summed E-state index contributed by atoms with van der Waals surface area (Å²) in [6.45, 7) is 12.8.